The topological polar surface area (TPSA) is 35.5 Å². The summed E-state index contributed by atoms with van der Waals surface area (Å²) < 4.78 is 0. The number of nitrogens with one attached hydrogen (secondary N) is 1. The summed E-state index contributed by atoms with van der Waals surface area (Å²) in [7, 11) is 1.95. The van der Waals surface area contributed by atoms with E-state index >= 15 is 0 Å². The van der Waals surface area contributed by atoms with Gasteiger partial charge < -0.3 is 10.4 Å². The largest absolute Gasteiger partial charge is 0.394 e. The van der Waals surface area contributed by atoms with Crippen molar-refractivity contribution >= 4 is 0 Å². The highest BCUT2D eigenvalue weighted by atomic mass is 16.3. The molecule has 1 aromatic carbocycles. The first-order valence-corrected chi connectivity index (χ1v) is 6.75. The summed E-state index contributed by atoms with van der Waals surface area (Å²) in [6.07, 6.45) is 2.04. The lowest BCUT2D eigenvalue weighted by Gasteiger charge is -2.40. The molecule has 0 radical (unpaired) electrons. The van der Waals surface area contributed by atoms with Crippen LogP contribution in [0, 0.1) is 6.92 Å². The second-order valence-corrected chi connectivity index (χ2v) is 5.45. The number of likely N-dealkylation sites (tertiary alicyclic amines) is 1. The van der Waals surface area contributed by atoms with Crippen LogP contribution >= 0.6 is 0 Å². The highest BCUT2D eigenvalue weighted by Gasteiger charge is 2.32. The monoisotopic (exact) mass is 248 g/mol. The van der Waals surface area contributed by atoms with E-state index in [0.29, 0.717) is 0 Å². The average molecular weight is 248 g/mol. The predicted octanol–water partition coefficient (Wildman–Crippen LogP) is 1.54. The Bertz CT molecular complexity index is 361. The third kappa shape index (κ3) is 3.10. The lowest BCUT2D eigenvalue weighted by molar-refractivity contribution is 0.0811. The van der Waals surface area contributed by atoms with Crippen molar-refractivity contribution in [2.75, 3.05) is 26.7 Å². The molecule has 0 aliphatic carbocycles. The molecule has 100 valence electrons. The van der Waals surface area contributed by atoms with E-state index in [4.69, 9.17) is 0 Å². The van der Waals surface area contributed by atoms with Gasteiger partial charge in [-0.2, -0.15) is 0 Å². The van der Waals surface area contributed by atoms with Crippen LogP contribution in [0.15, 0.2) is 24.3 Å². The summed E-state index contributed by atoms with van der Waals surface area (Å²) in [6, 6.07) is 8.76. The summed E-state index contributed by atoms with van der Waals surface area (Å²) in [5.74, 6) is 0. The molecule has 0 unspecified atom stereocenters. The number of likely N-dealkylation sites (N-methyl/N-ethyl adjacent to an activating group) is 1. The molecular formula is C15H24N2O. The number of aryl methyl sites for hydroxylation is 1. The number of hydrogen-bond acceptors (Lipinski definition) is 3. The average Bonchev–Trinajstić information content (AvgIpc) is 2.43. The summed E-state index contributed by atoms with van der Waals surface area (Å²) >= 11 is 0. The summed E-state index contributed by atoms with van der Waals surface area (Å²) in [5.41, 5.74) is 2.64. The Morgan fingerprint density at radius 2 is 1.83 bits per heavy atom. The van der Waals surface area contributed by atoms with Gasteiger partial charge in [0.2, 0.25) is 0 Å². The fraction of sp³-hybridized carbons (Fsp3) is 0.600. The molecule has 0 saturated carbocycles. The molecule has 2 rings (SSSR count). The van der Waals surface area contributed by atoms with Gasteiger partial charge in [0.05, 0.1) is 6.61 Å². The van der Waals surface area contributed by atoms with Gasteiger partial charge in [-0.15, -0.1) is 0 Å². The standard InChI is InChI=1S/C15H24N2O/c1-13-3-5-14(6-4-13)11-17-9-7-15(12-18,16-2)8-10-17/h3-6,16,18H,7-12H2,1-2H3. The van der Waals surface area contributed by atoms with Gasteiger partial charge in [-0.25, -0.2) is 0 Å². The first-order valence-electron chi connectivity index (χ1n) is 6.75. The van der Waals surface area contributed by atoms with Crippen LogP contribution in [0.4, 0.5) is 0 Å². The maximum Gasteiger partial charge on any atom is 0.0614 e. The van der Waals surface area contributed by atoms with Gasteiger partial charge in [0.1, 0.15) is 0 Å². The normalized spacial score (nSPS) is 19.9. The van der Waals surface area contributed by atoms with E-state index in [2.05, 4.69) is 41.4 Å². The summed E-state index contributed by atoms with van der Waals surface area (Å²) in [6.45, 7) is 5.48. The van der Waals surface area contributed by atoms with Gasteiger partial charge in [0.15, 0.2) is 0 Å². The maximum absolute atomic E-state index is 9.47. The minimum Gasteiger partial charge on any atom is -0.394 e. The van der Waals surface area contributed by atoms with Crippen LogP contribution in [-0.4, -0.2) is 42.3 Å². The molecule has 3 nitrogen and oxygen atoms in total. The molecule has 0 amide bonds. The highest BCUT2D eigenvalue weighted by Crippen LogP contribution is 2.22. The molecule has 1 saturated heterocycles. The van der Waals surface area contributed by atoms with E-state index in [1.54, 1.807) is 0 Å². The molecule has 1 aliphatic heterocycles. The number of benzene rings is 1. The number of piperidine rings is 1. The number of aliphatic hydroxyl groups excluding tert-OH is 1. The second kappa shape index (κ2) is 5.83. The molecular weight excluding hydrogens is 224 g/mol. The zero-order valence-electron chi connectivity index (χ0n) is 11.4. The van der Waals surface area contributed by atoms with E-state index in [1.807, 2.05) is 7.05 Å². The number of aliphatic hydroxyl groups is 1. The molecule has 0 spiro atoms. The molecule has 0 atom stereocenters. The number of nitrogens with zero attached hydrogens (tertiary/aromatic N) is 1. The van der Waals surface area contributed by atoms with Crippen molar-refractivity contribution in [3.8, 4) is 0 Å². The zero-order chi connectivity index (χ0) is 13.0. The summed E-state index contributed by atoms with van der Waals surface area (Å²) in [4.78, 5) is 2.47. The van der Waals surface area contributed by atoms with Crippen LogP contribution in [0.25, 0.3) is 0 Å². The maximum atomic E-state index is 9.47. The van der Waals surface area contributed by atoms with Crippen LogP contribution in [0.2, 0.25) is 0 Å². The van der Waals surface area contributed by atoms with Gasteiger partial charge in [-0.1, -0.05) is 29.8 Å². The van der Waals surface area contributed by atoms with Crippen LogP contribution < -0.4 is 5.32 Å². The van der Waals surface area contributed by atoms with Gasteiger partial charge in [0, 0.05) is 25.2 Å². The lowest BCUT2D eigenvalue weighted by atomic mass is 9.88. The van der Waals surface area contributed by atoms with E-state index in [-0.39, 0.29) is 12.1 Å². The first kappa shape index (κ1) is 13.5. The van der Waals surface area contributed by atoms with E-state index in [0.717, 1.165) is 32.5 Å². The Hall–Kier alpha value is -0.900. The van der Waals surface area contributed by atoms with Crippen molar-refractivity contribution < 1.29 is 5.11 Å². The smallest absolute Gasteiger partial charge is 0.0614 e. The Labute approximate surface area is 110 Å². The molecule has 1 aliphatic rings. The van der Waals surface area contributed by atoms with Crippen molar-refractivity contribution in [2.45, 2.75) is 31.8 Å². The van der Waals surface area contributed by atoms with E-state index in [1.165, 1.54) is 11.1 Å². The van der Waals surface area contributed by atoms with Crippen molar-refractivity contribution in [3.63, 3.8) is 0 Å². The molecule has 2 N–H and O–H groups in total. The third-order valence-corrected chi connectivity index (χ3v) is 4.17. The molecule has 1 heterocycles. The summed E-state index contributed by atoms with van der Waals surface area (Å²) in [5, 5.41) is 12.7. The Morgan fingerprint density at radius 3 is 2.33 bits per heavy atom. The molecule has 0 aromatic heterocycles. The quantitative estimate of drug-likeness (QED) is 0.848. The van der Waals surface area contributed by atoms with Crippen LogP contribution in [-0.2, 0) is 6.54 Å². The van der Waals surface area contributed by atoms with Gasteiger partial charge in [-0.05, 0) is 32.4 Å². The van der Waals surface area contributed by atoms with Gasteiger partial charge >= 0.3 is 0 Å². The molecule has 3 heteroatoms. The SMILES string of the molecule is CNC1(CO)CCN(Cc2ccc(C)cc2)CC1. The minimum atomic E-state index is -0.0518. The fourth-order valence-corrected chi connectivity index (χ4v) is 2.58. The molecule has 1 aromatic rings. The van der Waals surface area contributed by atoms with E-state index < -0.39 is 0 Å². The minimum absolute atomic E-state index is 0.0518. The van der Waals surface area contributed by atoms with Crippen molar-refractivity contribution in [1.29, 1.82) is 0 Å². The Kier molecular flexibility index (Phi) is 4.38. The van der Waals surface area contributed by atoms with Gasteiger partial charge in [-0.3, -0.25) is 4.90 Å². The molecule has 1 fully saturated rings. The highest BCUT2D eigenvalue weighted by molar-refractivity contribution is 5.21. The van der Waals surface area contributed by atoms with Crippen molar-refractivity contribution in [1.82, 2.24) is 10.2 Å². The zero-order valence-corrected chi connectivity index (χ0v) is 11.4. The Morgan fingerprint density at radius 1 is 1.22 bits per heavy atom. The second-order valence-electron chi connectivity index (χ2n) is 5.45. The third-order valence-electron chi connectivity index (χ3n) is 4.17. The molecule has 0 bridgehead atoms. The Balaban J connectivity index is 1.88. The van der Waals surface area contributed by atoms with Crippen LogP contribution in [0.1, 0.15) is 24.0 Å². The first-order chi connectivity index (χ1) is 8.67. The van der Waals surface area contributed by atoms with Crippen LogP contribution in [0.3, 0.4) is 0 Å². The van der Waals surface area contributed by atoms with Crippen molar-refractivity contribution in [3.05, 3.63) is 35.4 Å². The van der Waals surface area contributed by atoms with Crippen molar-refractivity contribution in [2.24, 2.45) is 0 Å². The lowest BCUT2D eigenvalue weighted by Crippen LogP contribution is -2.54. The van der Waals surface area contributed by atoms with Crippen LogP contribution in [0.5, 0.6) is 0 Å². The van der Waals surface area contributed by atoms with Gasteiger partial charge in [0.25, 0.3) is 0 Å². The fourth-order valence-electron chi connectivity index (χ4n) is 2.58. The predicted molar refractivity (Wildman–Crippen MR) is 74.6 cm³/mol. The number of hydrogen-bond donors (Lipinski definition) is 2. The molecule has 18 heavy (non-hydrogen) atoms. The number of rotatable bonds is 4. The van der Waals surface area contributed by atoms with E-state index in [9.17, 15) is 5.11 Å².